The first kappa shape index (κ1) is 29.0. The molecule has 0 unspecified atom stereocenters. The van der Waals surface area contributed by atoms with E-state index in [0.29, 0.717) is 11.5 Å². The molecule has 4 aromatic rings. The Labute approximate surface area is 240 Å². The minimum atomic E-state index is -4.10. The average molecular weight is 579 g/mol. The maximum absolute atomic E-state index is 14.0. The smallest absolute Gasteiger partial charge is 0.264 e. The van der Waals surface area contributed by atoms with Crippen molar-refractivity contribution < 1.29 is 17.9 Å². The molecular formula is C30H31ClN4O4S. The number of pyridine rings is 1. The normalized spacial score (nSPS) is 11.6. The summed E-state index contributed by atoms with van der Waals surface area (Å²) in [5, 5.41) is -0.0361. The quantitative estimate of drug-likeness (QED) is 0.205. The highest BCUT2D eigenvalue weighted by Crippen LogP contribution is 2.37. The second-order valence-corrected chi connectivity index (χ2v) is 11.4. The van der Waals surface area contributed by atoms with Crippen LogP contribution in [0.15, 0.2) is 71.8 Å². The third-order valence-corrected chi connectivity index (χ3v) is 8.27. The first-order chi connectivity index (χ1) is 19.1. The van der Waals surface area contributed by atoms with Crippen molar-refractivity contribution in [1.29, 1.82) is 0 Å². The van der Waals surface area contributed by atoms with Crippen molar-refractivity contribution in [1.82, 2.24) is 15.0 Å². The van der Waals surface area contributed by atoms with Crippen LogP contribution < -0.4 is 13.8 Å². The van der Waals surface area contributed by atoms with Gasteiger partial charge >= 0.3 is 0 Å². The minimum absolute atomic E-state index is 0.0361. The fraction of sp³-hybridized carbons (Fsp3) is 0.233. The van der Waals surface area contributed by atoms with Crippen LogP contribution in [0.2, 0.25) is 5.15 Å². The minimum Gasteiger partial charge on any atom is -0.496 e. The van der Waals surface area contributed by atoms with Gasteiger partial charge in [0.15, 0.2) is 10.8 Å². The molecule has 2 aromatic carbocycles. The van der Waals surface area contributed by atoms with E-state index in [1.165, 1.54) is 0 Å². The molecule has 0 amide bonds. The van der Waals surface area contributed by atoms with Gasteiger partial charge in [-0.15, -0.1) is 0 Å². The number of sulfonamides is 1. The molecule has 0 bridgehead atoms. The van der Waals surface area contributed by atoms with Crippen LogP contribution in [0.3, 0.4) is 0 Å². The standard InChI is InChI=1S/C30H31ClN4O4S/c1-20-13-15-25(16-14-20)40(36,37)35(17-9-12-26-22(3)28(38-5)21(2)18-32-26)27-29(31)33-23(4)34-30(27)39-19-24-10-7-6-8-11-24/h6-16,18H,17,19H2,1-5H3/b12-9+. The number of aryl methyl sites for hydroxylation is 3. The zero-order valence-electron chi connectivity index (χ0n) is 23.1. The van der Waals surface area contributed by atoms with Gasteiger partial charge in [-0.25, -0.2) is 13.4 Å². The molecule has 0 radical (unpaired) electrons. The van der Waals surface area contributed by atoms with Gasteiger partial charge in [0.2, 0.25) is 5.88 Å². The van der Waals surface area contributed by atoms with Gasteiger partial charge in [-0.3, -0.25) is 9.29 Å². The summed E-state index contributed by atoms with van der Waals surface area (Å²) in [6.45, 7) is 7.46. The van der Waals surface area contributed by atoms with Crippen LogP contribution in [-0.4, -0.2) is 37.0 Å². The largest absolute Gasteiger partial charge is 0.496 e. The summed E-state index contributed by atoms with van der Waals surface area (Å²) in [6.07, 6.45) is 5.17. The molecule has 0 spiro atoms. The summed E-state index contributed by atoms with van der Waals surface area (Å²) in [5.74, 6) is 1.15. The third kappa shape index (κ3) is 6.43. The van der Waals surface area contributed by atoms with Gasteiger partial charge in [0, 0.05) is 17.3 Å². The Morgan fingerprint density at radius 3 is 2.35 bits per heavy atom. The fourth-order valence-electron chi connectivity index (χ4n) is 4.17. The predicted molar refractivity (Wildman–Crippen MR) is 158 cm³/mol. The number of ether oxygens (including phenoxy) is 2. The van der Waals surface area contributed by atoms with Gasteiger partial charge in [0.05, 0.1) is 24.2 Å². The van der Waals surface area contributed by atoms with Crippen molar-refractivity contribution in [2.24, 2.45) is 0 Å². The molecule has 8 nitrogen and oxygen atoms in total. The van der Waals surface area contributed by atoms with E-state index >= 15 is 0 Å². The van der Waals surface area contributed by atoms with Crippen molar-refractivity contribution in [3.8, 4) is 11.6 Å². The number of methoxy groups -OCH3 is 1. The van der Waals surface area contributed by atoms with Gasteiger partial charge in [-0.1, -0.05) is 65.7 Å². The molecule has 2 heterocycles. The van der Waals surface area contributed by atoms with E-state index in [-0.39, 0.29) is 34.8 Å². The van der Waals surface area contributed by atoms with Gasteiger partial charge in [0.25, 0.3) is 10.0 Å². The van der Waals surface area contributed by atoms with Crippen molar-refractivity contribution in [3.63, 3.8) is 0 Å². The SMILES string of the molecule is COc1c(C)cnc(/C=C/CN(c2c(Cl)nc(C)nc2OCc2ccccc2)S(=O)(=O)c2ccc(C)cc2)c1C. The van der Waals surface area contributed by atoms with Crippen LogP contribution in [0.4, 0.5) is 5.69 Å². The van der Waals surface area contributed by atoms with Crippen LogP contribution in [0.1, 0.15) is 33.8 Å². The summed E-state index contributed by atoms with van der Waals surface area (Å²) in [5.41, 5.74) is 4.29. The van der Waals surface area contributed by atoms with Crippen molar-refractivity contribution in [3.05, 3.63) is 106 Å². The molecule has 0 N–H and O–H groups in total. The third-order valence-electron chi connectivity index (χ3n) is 6.23. The molecule has 0 saturated heterocycles. The summed E-state index contributed by atoms with van der Waals surface area (Å²) < 4.78 is 40.8. The van der Waals surface area contributed by atoms with E-state index in [1.54, 1.807) is 56.6 Å². The summed E-state index contributed by atoms with van der Waals surface area (Å²) in [7, 11) is -2.50. The predicted octanol–water partition coefficient (Wildman–Crippen LogP) is 6.25. The van der Waals surface area contributed by atoms with Crippen molar-refractivity contribution >= 4 is 33.4 Å². The Kier molecular flexibility index (Phi) is 9.07. The number of benzene rings is 2. The molecule has 0 aliphatic rings. The molecular weight excluding hydrogens is 548 g/mol. The summed E-state index contributed by atoms with van der Waals surface area (Å²) >= 11 is 6.62. The second-order valence-electron chi connectivity index (χ2n) is 9.23. The Bertz CT molecular complexity index is 1630. The number of anilines is 1. The van der Waals surface area contributed by atoms with Gasteiger partial charge in [0.1, 0.15) is 18.2 Å². The maximum Gasteiger partial charge on any atom is 0.264 e. The molecule has 208 valence electrons. The van der Waals surface area contributed by atoms with Gasteiger partial charge in [-0.2, -0.15) is 4.98 Å². The lowest BCUT2D eigenvalue weighted by molar-refractivity contribution is 0.293. The highest BCUT2D eigenvalue weighted by Gasteiger charge is 2.31. The molecule has 0 aliphatic heterocycles. The van der Waals surface area contributed by atoms with E-state index in [0.717, 1.165) is 32.3 Å². The number of nitrogens with zero attached hydrogens (tertiary/aromatic N) is 4. The van der Waals surface area contributed by atoms with E-state index in [2.05, 4.69) is 15.0 Å². The second kappa shape index (κ2) is 12.5. The lowest BCUT2D eigenvalue weighted by Crippen LogP contribution is -2.32. The highest BCUT2D eigenvalue weighted by atomic mass is 35.5. The van der Waals surface area contributed by atoms with Crippen LogP contribution in [0.25, 0.3) is 6.08 Å². The lowest BCUT2D eigenvalue weighted by Gasteiger charge is -2.25. The Morgan fingerprint density at radius 2 is 1.68 bits per heavy atom. The summed E-state index contributed by atoms with van der Waals surface area (Å²) in [4.78, 5) is 13.3. The number of hydrogen-bond donors (Lipinski definition) is 0. The Balaban J connectivity index is 1.79. The van der Waals surface area contributed by atoms with Crippen molar-refractivity contribution in [2.45, 2.75) is 39.2 Å². The van der Waals surface area contributed by atoms with Crippen molar-refractivity contribution in [2.75, 3.05) is 18.0 Å². The number of halogens is 1. The average Bonchev–Trinajstić information content (AvgIpc) is 2.92. The molecule has 0 saturated carbocycles. The zero-order chi connectivity index (χ0) is 28.9. The van der Waals surface area contributed by atoms with Gasteiger partial charge < -0.3 is 9.47 Å². The van der Waals surface area contributed by atoms with Crippen LogP contribution >= 0.6 is 11.6 Å². The zero-order valence-corrected chi connectivity index (χ0v) is 24.6. The first-order valence-corrected chi connectivity index (χ1v) is 14.4. The van der Waals surface area contributed by atoms with E-state index in [9.17, 15) is 8.42 Å². The maximum atomic E-state index is 14.0. The Morgan fingerprint density at radius 1 is 0.975 bits per heavy atom. The van der Waals surface area contributed by atoms with Crippen LogP contribution in [0.5, 0.6) is 11.6 Å². The van der Waals surface area contributed by atoms with Crippen LogP contribution in [-0.2, 0) is 16.6 Å². The number of aromatic nitrogens is 3. The molecule has 0 fully saturated rings. The Hall–Kier alpha value is -3.95. The number of hydrogen-bond acceptors (Lipinski definition) is 7. The lowest BCUT2D eigenvalue weighted by atomic mass is 10.1. The van der Waals surface area contributed by atoms with E-state index < -0.39 is 10.0 Å². The monoisotopic (exact) mass is 578 g/mol. The molecule has 10 heteroatoms. The number of rotatable bonds is 10. The van der Waals surface area contributed by atoms with E-state index in [4.69, 9.17) is 21.1 Å². The van der Waals surface area contributed by atoms with Gasteiger partial charge in [-0.05, 0) is 51.5 Å². The highest BCUT2D eigenvalue weighted by molar-refractivity contribution is 7.92. The fourth-order valence-corrected chi connectivity index (χ4v) is 5.94. The van der Waals surface area contributed by atoms with Crippen LogP contribution in [0, 0.1) is 27.7 Å². The topological polar surface area (TPSA) is 94.5 Å². The molecule has 4 rings (SSSR count). The van der Waals surface area contributed by atoms with E-state index in [1.807, 2.05) is 51.1 Å². The molecule has 40 heavy (non-hydrogen) atoms. The first-order valence-electron chi connectivity index (χ1n) is 12.6. The molecule has 0 atom stereocenters. The summed E-state index contributed by atoms with van der Waals surface area (Å²) in [6, 6.07) is 16.1. The molecule has 0 aliphatic carbocycles. The molecule has 2 aromatic heterocycles.